The second kappa shape index (κ2) is 6.12. The van der Waals surface area contributed by atoms with Crippen molar-refractivity contribution in [2.45, 2.75) is 19.8 Å². The molecule has 2 aromatic carbocycles. The van der Waals surface area contributed by atoms with Crippen LogP contribution in [0.1, 0.15) is 19.0 Å². The van der Waals surface area contributed by atoms with E-state index in [-0.39, 0.29) is 0 Å². The van der Waals surface area contributed by atoms with Crippen LogP contribution in [0.15, 0.2) is 46.9 Å². The van der Waals surface area contributed by atoms with E-state index in [1.54, 1.807) is 0 Å². The average molecular weight is 362 g/mol. The summed E-state index contributed by atoms with van der Waals surface area (Å²) in [4.78, 5) is 9.44. The van der Waals surface area contributed by atoms with Crippen molar-refractivity contribution >= 4 is 38.4 Å². The molecule has 0 atom stereocenters. The van der Waals surface area contributed by atoms with E-state index in [1.807, 2.05) is 36.4 Å². The second-order valence-corrected chi connectivity index (χ2v) is 6.12. The number of para-hydroxylation sites is 1. The summed E-state index contributed by atoms with van der Waals surface area (Å²) in [6, 6.07) is 13.8. The van der Waals surface area contributed by atoms with Gasteiger partial charge in [0.1, 0.15) is 0 Å². The minimum atomic E-state index is 0.655. The fraction of sp³-hybridized carbons (Fsp3) is 0.176. The highest BCUT2D eigenvalue weighted by Crippen LogP contribution is 2.34. The second-order valence-electron chi connectivity index (χ2n) is 4.86. The number of fused-ring (bicyclic) bond motifs is 1. The smallest absolute Gasteiger partial charge is 0.162 e. The zero-order valence-electron chi connectivity index (χ0n) is 11.6. The predicted molar refractivity (Wildman–Crippen MR) is 91.7 cm³/mol. The maximum absolute atomic E-state index is 6.33. The molecule has 0 aliphatic rings. The van der Waals surface area contributed by atoms with Gasteiger partial charge < -0.3 is 0 Å². The number of nitrogens with zero attached hydrogens (tertiary/aromatic N) is 2. The predicted octanol–water partition coefficient (Wildman–Crippen LogP) is 5.67. The monoisotopic (exact) mass is 360 g/mol. The van der Waals surface area contributed by atoms with Gasteiger partial charge in [-0.25, -0.2) is 9.97 Å². The summed E-state index contributed by atoms with van der Waals surface area (Å²) in [7, 11) is 0. The highest BCUT2D eigenvalue weighted by atomic mass is 79.9. The zero-order valence-corrected chi connectivity index (χ0v) is 13.9. The quantitative estimate of drug-likeness (QED) is 0.601. The Bertz CT molecular complexity index is 782. The van der Waals surface area contributed by atoms with Crippen molar-refractivity contribution in [1.82, 2.24) is 9.97 Å². The van der Waals surface area contributed by atoms with E-state index in [2.05, 4.69) is 33.9 Å². The SMILES string of the molecule is CCCc1nc(-c2c(Cl)cccc2Br)nc2ccccc12. The lowest BCUT2D eigenvalue weighted by Gasteiger charge is -2.10. The van der Waals surface area contributed by atoms with E-state index < -0.39 is 0 Å². The van der Waals surface area contributed by atoms with Crippen LogP contribution in [0.2, 0.25) is 5.02 Å². The Morgan fingerprint density at radius 3 is 2.62 bits per heavy atom. The topological polar surface area (TPSA) is 25.8 Å². The maximum atomic E-state index is 6.33. The molecule has 0 unspecified atom stereocenters. The molecule has 0 aliphatic carbocycles. The van der Waals surface area contributed by atoms with Crippen LogP contribution in [0.5, 0.6) is 0 Å². The molecule has 1 heterocycles. The molecule has 0 saturated heterocycles. The van der Waals surface area contributed by atoms with Gasteiger partial charge >= 0.3 is 0 Å². The van der Waals surface area contributed by atoms with Crippen LogP contribution in [0, 0.1) is 0 Å². The molecule has 4 heteroatoms. The number of benzene rings is 2. The Labute approximate surface area is 137 Å². The standard InChI is InChI=1S/C17H14BrClN2/c1-2-6-14-11-7-3-4-10-15(11)21-17(20-14)16-12(18)8-5-9-13(16)19/h3-5,7-10H,2,6H2,1H3. The van der Waals surface area contributed by atoms with Gasteiger partial charge in [-0.05, 0) is 40.5 Å². The summed E-state index contributed by atoms with van der Waals surface area (Å²) < 4.78 is 0.910. The summed E-state index contributed by atoms with van der Waals surface area (Å²) in [6.07, 6.45) is 1.97. The number of aromatic nitrogens is 2. The van der Waals surface area contributed by atoms with Crippen LogP contribution < -0.4 is 0 Å². The summed E-state index contributed by atoms with van der Waals surface area (Å²) in [6.45, 7) is 2.15. The number of rotatable bonds is 3. The molecule has 0 spiro atoms. The normalized spacial score (nSPS) is 11.0. The Morgan fingerprint density at radius 1 is 1.05 bits per heavy atom. The van der Waals surface area contributed by atoms with Gasteiger partial charge in [-0.3, -0.25) is 0 Å². The van der Waals surface area contributed by atoms with Gasteiger partial charge in [0.2, 0.25) is 0 Å². The van der Waals surface area contributed by atoms with Crippen molar-refractivity contribution in [3.8, 4) is 11.4 Å². The van der Waals surface area contributed by atoms with Crippen LogP contribution in [-0.4, -0.2) is 9.97 Å². The van der Waals surface area contributed by atoms with Crippen molar-refractivity contribution in [3.63, 3.8) is 0 Å². The van der Waals surface area contributed by atoms with Gasteiger partial charge in [-0.2, -0.15) is 0 Å². The number of hydrogen-bond donors (Lipinski definition) is 0. The first-order chi connectivity index (χ1) is 10.2. The van der Waals surface area contributed by atoms with E-state index in [0.717, 1.165) is 39.5 Å². The molecular formula is C17H14BrClN2. The molecule has 0 bridgehead atoms. The molecule has 2 nitrogen and oxygen atoms in total. The molecule has 1 aromatic heterocycles. The molecule has 0 saturated carbocycles. The fourth-order valence-corrected chi connectivity index (χ4v) is 3.31. The molecule has 0 amide bonds. The van der Waals surface area contributed by atoms with Crippen molar-refractivity contribution in [2.75, 3.05) is 0 Å². The van der Waals surface area contributed by atoms with Crippen LogP contribution in [0.4, 0.5) is 0 Å². The molecule has 3 aromatic rings. The lowest BCUT2D eigenvalue weighted by Crippen LogP contribution is -1.99. The third-order valence-corrected chi connectivity index (χ3v) is 4.33. The Hall–Kier alpha value is -1.45. The van der Waals surface area contributed by atoms with Crippen molar-refractivity contribution in [2.24, 2.45) is 0 Å². The van der Waals surface area contributed by atoms with E-state index in [4.69, 9.17) is 16.6 Å². The van der Waals surface area contributed by atoms with E-state index >= 15 is 0 Å². The molecular weight excluding hydrogens is 348 g/mol. The van der Waals surface area contributed by atoms with Gasteiger partial charge in [-0.1, -0.05) is 49.2 Å². The van der Waals surface area contributed by atoms with Crippen molar-refractivity contribution in [3.05, 3.63) is 57.7 Å². The van der Waals surface area contributed by atoms with E-state index in [1.165, 1.54) is 0 Å². The number of hydrogen-bond acceptors (Lipinski definition) is 2. The molecule has 0 aliphatic heterocycles. The molecule has 106 valence electrons. The fourth-order valence-electron chi connectivity index (χ4n) is 2.39. The lowest BCUT2D eigenvalue weighted by atomic mass is 10.1. The highest BCUT2D eigenvalue weighted by Gasteiger charge is 2.14. The van der Waals surface area contributed by atoms with Crippen molar-refractivity contribution < 1.29 is 0 Å². The maximum Gasteiger partial charge on any atom is 0.162 e. The zero-order chi connectivity index (χ0) is 14.8. The summed E-state index contributed by atoms with van der Waals surface area (Å²) in [5.74, 6) is 0.676. The van der Waals surface area contributed by atoms with Gasteiger partial charge in [0.05, 0.1) is 21.8 Å². The Morgan fingerprint density at radius 2 is 1.86 bits per heavy atom. The van der Waals surface area contributed by atoms with Crippen molar-refractivity contribution in [1.29, 1.82) is 0 Å². The lowest BCUT2D eigenvalue weighted by molar-refractivity contribution is 0.889. The molecule has 0 fully saturated rings. The third kappa shape index (κ3) is 2.81. The molecule has 0 radical (unpaired) electrons. The number of aryl methyl sites for hydroxylation is 1. The van der Waals surface area contributed by atoms with Crippen LogP contribution >= 0.6 is 27.5 Å². The average Bonchev–Trinajstić information content (AvgIpc) is 2.47. The van der Waals surface area contributed by atoms with Crippen LogP contribution in [0.3, 0.4) is 0 Å². The van der Waals surface area contributed by atoms with E-state index in [9.17, 15) is 0 Å². The summed E-state index contributed by atoms with van der Waals surface area (Å²) in [5, 5.41) is 1.77. The molecule has 21 heavy (non-hydrogen) atoms. The Balaban J connectivity index is 2.29. The van der Waals surface area contributed by atoms with Crippen LogP contribution in [-0.2, 0) is 6.42 Å². The van der Waals surface area contributed by atoms with Gasteiger partial charge in [0, 0.05) is 9.86 Å². The first-order valence-corrected chi connectivity index (χ1v) is 8.08. The minimum Gasteiger partial charge on any atom is -0.232 e. The summed E-state index contributed by atoms with van der Waals surface area (Å²) in [5.41, 5.74) is 2.88. The first kappa shape index (κ1) is 14.5. The minimum absolute atomic E-state index is 0.655. The number of halogens is 2. The molecule has 3 rings (SSSR count). The highest BCUT2D eigenvalue weighted by molar-refractivity contribution is 9.10. The first-order valence-electron chi connectivity index (χ1n) is 6.90. The molecule has 0 N–H and O–H groups in total. The largest absolute Gasteiger partial charge is 0.232 e. The van der Waals surface area contributed by atoms with Crippen LogP contribution in [0.25, 0.3) is 22.3 Å². The third-order valence-electron chi connectivity index (χ3n) is 3.36. The van der Waals surface area contributed by atoms with E-state index in [0.29, 0.717) is 10.8 Å². The Kier molecular flexibility index (Phi) is 4.22. The summed E-state index contributed by atoms with van der Waals surface area (Å²) >= 11 is 9.88. The van der Waals surface area contributed by atoms with Gasteiger partial charge in [-0.15, -0.1) is 0 Å². The van der Waals surface area contributed by atoms with Gasteiger partial charge in [0.25, 0.3) is 0 Å². The van der Waals surface area contributed by atoms with Gasteiger partial charge in [0.15, 0.2) is 5.82 Å².